The number of rotatable bonds is 8. The van der Waals surface area contributed by atoms with Gasteiger partial charge in [-0.15, -0.1) is 16.7 Å². The zero-order valence-corrected chi connectivity index (χ0v) is 34.6. The molecule has 1 N–H and O–H groups in total. The van der Waals surface area contributed by atoms with Gasteiger partial charge in [-0.3, -0.25) is 0 Å². The minimum atomic E-state index is -0.439. The first-order chi connectivity index (χ1) is 22.7. The first-order valence-corrected chi connectivity index (χ1v) is 18.7. The van der Waals surface area contributed by atoms with Gasteiger partial charge in [-0.2, -0.15) is 0 Å². The Labute approximate surface area is 334 Å². The summed E-state index contributed by atoms with van der Waals surface area (Å²) >= 11 is 14.6. The summed E-state index contributed by atoms with van der Waals surface area (Å²) in [5, 5.41) is 19.8. The second-order valence-electron chi connectivity index (χ2n) is 9.22. The largest absolute Gasteiger partial charge is 0.461 e. The number of esters is 1. The summed E-state index contributed by atoms with van der Waals surface area (Å²) in [6, 6.07) is 31.9. The van der Waals surface area contributed by atoms with Crippen LogP contribution >= 0.6 is 102 Å². The average molecular weight is 1100 g/mol. The molecule has 0 saturated heterocycles. The second kappa shape index (κ2) is 24.2. The van der Waals surface area contributed by atoms with Gasteiger partial charge >= 0.3 is 5.97 Å². The number of hydrogen-bond acceptors (Lipinski definition) is 6. The Bertz CT molecular complexity index is 1690. The lowest BCUT2D eigenvalue weighted by molar-refractivity contribution is 0.0519. The number of halogens is 5. The number of ether oxygens (including phenoxy) is 1. The Morgan fingerprint density at radius 2 is 1.34 bits per heavy atom. The van der Waals surface area contributed by atoms with Crippen molar-refractivity contribution in [1.82, 2.24) is 15.0 Å². The molecule has 0 aliphatic carbocycles. The molecule has 14 heteroatoms. The fourth-order valence-corrected chi connectivity index (χ4v) is 6.10. The van der Waals surface area contributed by atoms with Crippen LogP contribution in [-0.2, 0) is 30.3 Å². The molecule has 246 valence electrons. The maximum Gasteiger partial charge on any atom is 0.360 e. The number of benzene rings is 4. The summed E-state index contributed by atoms with van der Waals surface area (Å²) in [5.41, 5.74) is 12.6. The fourth-order valence-electron chi connectivity index (χ4n) is 3.50. The van der Waals surface area contributed by atoms with Crippen molar-refractivity contribution in [3.63, 3.8) is 0 Å². The molecule has 1 aromatic heterocycles. The van der Waals surface area contributed by atoms with Gasteiger partial charge in [-0.1, -0.05) is 58.9 Å². The third kappa shape index (κ3) is 17.8. The van der Waals surface area contributed by atoms with E-state index < -0.39 is 5.97 Å². The van der Waals surface area contributed by atoms with Gasteiger partial charge in [-0.05, 0) is 174 Å². The summed E-state index contributed by atoms with van der Waals surface area (Å²) in [5.74, 6) is 0.169. The Balaban J connectivity index is 0.000000230. The number of azide groups is 1. The van der Waals surface area contributed by atoms with Crippen LogP contribution in [0.5, 0.6) is 0 Å². The van der Waals surface area contributed by atoms with Crippen molar-refractivity contribution in [1.29, 1.82) is 0 Å². The normalized spacial score (nSPS) is 9.68. The number of nitrogens with zero attached hydrogens (tertiary/aromatic N) is 6. The molecule has 5 rings (SSSR count). The van der Waals surface area contributed by atoms with Gasteiger partial charge in [0.05, 0.1) is 32.5 Å². The number of carbonyl (C=O) groups is 1. The maximum absolute atomic E-state index is 11.4. The quantitative estimate of drug-likeness (QED) is 0.0414. The van der Waals surface area contributed by atoms with E-state index >= 15 is 0 Å². The standard InChI is InChI=1S/C12H12IN3O2.C7H6ClI.C7H6IN3.C7H7IO/c1-2-18-12(17)11-8-16(15-14-11)7-9-4-3-5-10(13)6-9;8-5-6-2-1-3-7(9)4-6;8-7-3-1-2-6(4-7)5-10-11-9;8-7-3-1-2-6(4-7)5-9/h3-6,8H,2,7H2,1H3;1-4H,5H2;1-4H,5H2;1-4,9H,5H2. The molecule has 4 aromatic carbocycles. The minimum absolute atomic E-state index is 0.136. The zero-order chi connectivity index (χ0) is 34.4. The molecule has 0 fully saturated rings. The van der Waals surface area contributed by atoms with Crippen LogP contribution in [0.4, 0.5) is 0 Å². The highest BCUT2D eigenvalue weighted by atomic mass is 127. The molecule has 0 aliphatic heterocycles. The summed E-state index contributed by atoms with van der Waals surface area (Å²) in [6.07, 6.45) is 1.60. The van der Waals surface area contributed by atoms with Crippen molar-refractivity contribution in [3.8, 4) is 0 Å². The Hall–Kier alpha value is -2.03. The van der Waals surface area contributed by atoms with E-state index in [1.165, 1.54) is 12.7 Å². The van der Waals surface area contributed by atoms with Crippen LogP contribution in [0, 0.1) is 14.3 Å². The van der Waals surface area contributed by atoms with Gasteiger partial charge in [0.15, 0.2) is 5.69 Å². The molecule has 0 atom stereocenters. The first-order valence-electron chi connectivity index (χ1n) is 13.9. The first kappa shape index (κ1) is 41.1. The highest BCUT2D eigenvalue weighted by Gasteiger charge is 2.11. The molecule has 0 aliphatic rings. The van der Waals surface area contributed by atoms with Crippen molar-refractivity contribution in [2.75, 3.05) is 6.61 Å². The van der Waals surface area contributed by atoms with E-state index in [4.69, 9.17) is 27.0 Å². The summed E-state index contributed by atoms with van der Waals surface area (Å²) in [6.45, 7) is 3.25. The van der Waals surface area contributed by atoms with Gasteiger partial charge in [0.1, 0.15) is 0 Å². The lowest BCUT2D eigenvalue weighted by atomic mass is 10.2. The summed E-state index contributed by atoms with van der Waals surface area (Å²) in [4.78, 5) is 14.1. The van der Waals surface area contributed by atoms with Crippen LogP contribution in [-0.4, -0.2) is 32.7 Å². The van der Waals surface area contributed by atoms with E-state index in [0.29, 0.717) is 25.6 Å². The van der Waals surface area contributed by atoms with Crippen molar-refractivity contribution >= 4 is 108 Å². The molecule has 47 heavy (non-hydrogen) atoms. The molecular weight excluding hydrogens is 1070 g/mol. The van der Waals surface area contributed by atoms with Crippen molar-refractivity contribution in [3.05, 3.63) is 156 Å². The predicted molar refractivity (Wildman–Crippen MR) is 220 cm³/mol. The maximum atomic E-state index is 11.4. The van der Waals surface area contributed by atoms with Crippen LogP contribution in [0.3, 0.4) is 0 Å². The zero-order valence-electron chi connectivity index (χ0n) is 25.2. The molecule has 0 spiro atoms. The number of alkyl halides is 1. The fraction of sp³-hybridized carbons (Fsp3) is 0.182. The van der Waals surface area contributed by atoms with Crippen LogP contribution in [0.25, 0.3) is 10.4 Å². The summed E-state index contributed by atoms with van der Waals surface area (Å²) < 4.78 is 11.2. The molecule has 9 nitrogen and oxygen atoms in total. The number of hydrogen-bond donors (Lipinski definition) is 1. The van der Waals surface area contributed by atoms with Gasteiger partial charge < -0.3 is 9.84 Å². The van der Waals surface area contributed by atoms with Crippen LogP contribution < -0.4 is 0 Å². The van der Waals surface area contributed by atoms with Crippen LogP contribution in [0.15, 0.2) is 108 Å². The Kier molecular flexibility index (Phi) is 21.1. The molecule has 0 amide bonds. The van der Waals surface area contributed by atoms with Crippen molar-refractivity contribution in [2.45, 2.75) is 32.5 Å². The average Bonchev–Trinajstić information content (AvgIpc) is 3.53. The number of aromatic nitrogens is 3. The third-order valence-corrected chi connectivity index (χ3v) is 8.57. The molecule has 5 aromatic rings. The third-order valence-electron chi connectivity index (χ3n) is 5.58. The molecule has 0 bridgehead atoms. The van der Waals surface area contributed by atoms with Crippen LogP contribution in [0.2, 0.25) is 0 Å². The molecule has 0 unspecified atom stereocenters. The number of carbonyl (C=O) groups excluding carboxylic acids is 1. The van der Waals surface area contributed by atoms with E-state index in [1.54, 1.807) is 17.8 Å². The van der Waals surface area contributed by atoms with E-state index in [2.05, 4.69) is 129 Å². The molecule has 1 heterocycles. The Morgan fingerprint density at radius 3 is 1.81 bits per heavy atom. The SMILES string of the molecule is CCOC(=O)c1cn(Cc2cccc(I)c2)nn1.ClCc1cccc(I)c1.OCc1cccc(I)c1.[N-]=[N+]=NCc1cccc(I)c1. The Morgan fingerprint density at radius 1 is 0.851 bits per heavy atom. The van der Waals surface area contributed by atoms with E-state index in [1.807, 2.05) is 78.9 Å². The second-order valence-corrected chi connectivity index (χ2v) is 14.5. The van der Waals surface area contributed by atoms with Gasteiger partial charge in [0.25, 0.3) is 0 Å². The number of aliphatic hydroxyl groups is 1. The highest BCUT2D eigenvalue weighted by Crippen LogP contribution is 2.11. The van der Waals surface area contributed by atoms with E-state index in [0.717, 1.165) is 23.8 Å². The lowest BCUT2D eigenvalue weighted by Crippen LogP contribution is -2.05. The van der Waals surface area contributed by atoms with Gasteiger partial charge in [-0.25, -0.2) is 9.48 Å². The highest BCUT2D eigenvalue weighted by molar-refractivity contribution is 14.1. The summed E-state index contributed by atoms with van der Waals surface area (Å²) in [7, 11) is 0. The predicted octanol–water partition coefficient (Wildman–Crippen LogP) is 10.0. The molecular formula is C33H31ClI4N6O3. The van der Waals surface area contributed by atoms with Crippen molar-refractivity contribution in [2.24, 2.45) is 5.11 Å². The van der Waals surface area contributed by atoms with Gasteiger partial charge in [0.2, 0.25) is 0 Å². The topological polar surface area (TPSA) is 126 Å². The minimum Gasteiger partial charge on any atom is -0.461 e. The van der Waals surface area contributed by atoms with Gasteiger partial charge in [0, 0.05) is 25.1 Å². The molecule has 0 saturated carbocycles. The number of aliphatic hydroxyl groups excluding tert-OH is 1. The van der Waals surface area contributed by atoms with E-state index in [-0.39, 0.29) is 12.3 Å². The van der Waals surface area contributed by atoms with E-state index in [9.17, 15) is 4.79 Å². The smallest absolute Gasteiger partial charge is 0.360 e. The lowest BCUT2D eigenvalue weighted by Gasteiger charge is -2.01. The monoisotopic (exact) mass is 1100 g/mol. The van der Waals surface area contributed by atoms with Crippen LogP contribution in [0.1, 0.15) is 39.7 Å². The molecule has 0 radical (unpaired) electrons. The van der Waals surface area contributed by atoms with Crippen molar-refractivity contribution < 1.29 is 14.6 Å².